The number of benzene rings is 1. The SMILES string of the molecule is NCc1ccc(-n2cccc2C=O)c(Cl)c1. The van der Waals surface area contributed by atoms with Gasteiger partial charge >= 0.3 is 0 Å². The molecule has 0 aliphatic heterocycles. The van der Waals surface area contributed by atoms with Gasteiger partial charge in [-0.05, 0) is 29.8 Å². The Balaban J connectivity index is 2.52. The Morgan fingerprint density at radius 3 is 2.81 bits per heavy atom. The van der Waals surface area contributed by atoms with Gasteiger partial charge in [0.05, 0.1) is 16.4 Å². The Bertz CT molecular complexity index is 519. The van der Waals surface area contributed by atoms with E-state index in [1.54, 1.807) is 22.9 Å². The molecule has 1 heterocycles. The molecule has 0 unspecified atom stereocenters. The number of nitrogens with zero attached hydrogens (tertiary/aromatic N) is 1. The van der Waals surface area contributed by atoms with Crippen molar-refractivity contribution in [1.29, 1.82) is 0 Å². The zero-order chi connectivity index (χ0) is 11.5. The molecule has 1 aromatic heterocycles. The lowest BCUT2D eigenvalue weighted by Gasteiger charge is -2.09. The third-order valence-electron chi connectivity index (χ3n) is 2.41. The summed E-state index contributed by atoms with van der Waals surface area (Å²) >= 11 is 6.14. The number of rotatable bonds is 3. The van der Waals surface area contributed by atoms with Crippen LogP contribution in [0.25, 0.3) is 5.69 Å². The molecular formula is C12H11ClN2O. The number of aldehydes is 1. The van der Waals surface area contributed by atoms with E-state index >= 15 is 0 Å². The molecule has 0 aliphatic carbocycles. The topological polar surface area (TPSA) is 48.0 Å². The third-order valence-corrected chi connectivity index (χ3v) is 2.71. The largest absolute Gasteiger partial charge is 0.326 e. The van der Waals surface area contributed by atoms with Gasteiger partial charge in [-0.3, -0.25) is 4.79 Å². The Morgan fingerprint density at radius 1 is 1.38 bits per heavy atom. The minimum atomic E-state index is 0.451. The van der Waals surface area contributed by atoms with Crippen LogP contribution in [-0.2, 0) is 6.54 Å². The summed E-state index contributed by atoms with van der Waals surface area (Å²) in [6, 6.07) is 9.11. The van der Waals surface area contributed by atoms with E-state index in [0.717, 1.165) is 17.5 Å². The van der Waals surface area contributed by atoms with Crippen LogP contribution in [-0.4, -0.2) is 10.9 Å². The number of hydrogen-bond donors (Lipinski definition) is 1. The molecule has 0 spiro atoms. The van der Waals surface area contributed by atoms with E-state index in [0.29, 0.717) is 17.3 Å². The smallest absolute Gasteiger partial charge is 0.166 e. The Labute approximate surface area is 98.4 Å². The molecule has 3 nitrogen and oxygen atoms in total. The summed E-state index contributed by atoms with van der Waals surface area (Å²) in [6.45, 7) is 0.451. The first-order chi connectivity index (χ1) is 7.76. The first-order valence-corrected chi connectivity index (χ1v) is 5.25. The molecule has 0 amide bonds. The Morgan fingerprint density at radius 2 is 2.19 bits per heavy atom. The summed E-state index contributed by atoms with van der Waals surface area (Å²) in [5.41, 5.74) is 7.84. The maximum Gasteiger partial charge on any atom is 0.166 e. The molecule has 0 bridgehead atoms. The van der Waals surface area contributed by atoms with Crippen molar-refractivity contribution in [2.45, 2.75) is 6.54 Å². The van der Waals surface area contributed by atoms with Crippen LogP contribution in [0.4, 0.5) is 0 Å². The van der Waals surface area contributed by atoms with E-state index in [1.165, 1.54) is 0 Å². The highest BCUT2D eigenvalue weighted by Gasteiger charge is 2.06. The first kappa shape index (κ1) is 10.9. The highest BCUT2D eigenvalue weighted by Crippen LogP contribution is 2.23. The van der Waals surface area contributed by atoms with Gasteiger partial charge in [-0.25, -0.2) is 0 Å². The molecule has 0 saturated heterocycles. The van der Waals surface area contributed by atoms with Gasteiger partial charge in [-0.1, -0.05) is 17.7 Å². The molecular weight excluding hydrogens is 224 g/mol. The quantitative estimate of drug-likeness (QED) is 0.829. The first-order valence-electron chi connectivity index (χ1n) is 4.87. The van der Waals surface area contributed by atoms with Gasteiger partial charge in [0.15, 0.2) is 6.29 Å². The summed E-state index contributed by atoms with van der Waals surface area (Å²) in [5, 5.41) is 0.585. The van der Waals surface area contributed by atoms with Gasteiger partial charge < -0.3 is 10.3 Å². The van der Waals surface area contributed by atoms with E-state index in [4.69, 9.17) is 17.3 Å². The van der Waals surface area contributed by atoms with Crippen molar-refractivity contribution in [2.24, 2.45) is 5.73 Å². The fourth-order valence-electron chi connectivity index (χ4n) is 1.58. The zero-order valence-electron chi connectivity index (χ0n) is 8.56. The molecule has 0 saturated carbocycles. The van der Waals surface area contributed by atoms with Crippen molar-refractivity contribution >= 4 is 17.9 Å². The second-order valence-corrected chi connectivity index (χ2v) is 3.82. The van der Waals surface area contributed by atoms with Crippen LogP contribution in [0.15, 0.2) is 36.5 Å². The van der Waals surface area contributed by atoms with Crippen LogP contribution in [0, 0.1) is 0 Å². The van der Waals surface area contributed by atoms with Crippen LogP contribution in [0.1, 0.15) is 16.1 Å². The minimum Gasteiger partial charge on any atom is -0.326 e. The molecule has 2 N–H and O–H groups in total. The molecule has 82 valence electrons. The fourth-order valence-corrected chi connectivity index (χ4v) is 1.88. The van der Waals surface area contributed by atoms with Crippen LogP contribution in [0.5, 0.6) is 0 Å². The van der Waals surface area contributed by atoms with Crippen molar-refractivity contribution in [1.82, 2.24) is 4.57 Å². The van der Waals surface area contributed by atoms with Gasteiger partial charge in [0, 0.05) is 12.7 Å². The summed E-state index contributed by atoms with van der Waals surface area (Å²) < 4.78 is 1.75. The van der Waals surface area contributed by atoms with E-state index in [9.17, 15) is 4.79 Å². The number of carbonyl (C=O) groups is 1. The predicted octanol–water partition coefficient (Wildman–Crippen LogP) is 2.40. The van der Waals surface area contributed by atoms with Crippen molar-refractivity contribution in [3.63, 3.8) is 0 Å². The average Bonchev–Trinajstić information content (AvgIpc) is 2.76. The predicted molar refractivity (Wildman–Crippen MR) is 64.1 cm³/mol. The van der Waals surface area contributed by atoms with E-state index in [-0.39, 0.29) is 0 Å². The second kappa shape index (κ2) is 4.51. The maximum absolute atomic E-state index is 10.8. The number of nitrogens with two attached hydrogens (primary N) is 1. The molecule has 2 aromatic rings. The zero-order valence-corrected chi connectivity index (χ0v) is 9.32. The third kappa shape index (κ3) is 1.87. The van der Waals surface area contributed by atoms with E-state index in [1.807, 2.05) is 18.2 Å². The number of carbonyl (C=O) groups excluding carboxylic acids is 1. The van der Waals surface area contributed by atoms with Crippen LogP contribution >= 0.6 is 11.6 Å². The number of halogens is 1. The van der Waals surface area contributed by atoms with Crippen LogP contribution in [0.2, 0.25) is 5.02 Å². The molecule has 0 fully saturated rings. The molecule has 4 heteroatoms. The van der Waals surface area contributed by atoms with Gasteiger partial charge in [0.25, 0.3) is 0 Å². The van der Waals surface area contributed by atoms with Gasteiger partial charge in [-0.2, -0.15) is 0 Å². The average molecular weight is 235 g/mol. The number of hydrogen-bond acceptors (Lipinski definition) is 2. The monoisotopic (exact) mass is 234 g/mol. The summed E-state index contributed by atoms with van der Waals surface area (Å²) in [7, 11) is 0. The minimum absolute atomic E-state index is 0.451. The lowest BCUT2D eigenvalue weighted by molar-refractivity contribution is 0.111. The van der Waals surface area contributed by atoms with Gasteiger partial charge in [0.2, 0.25) is 0 Å². The normalized spacial score (nSPS) is 10.4. The number of aromatic nitrogens is 1. The summed E-state index contributed by atoms with van der Waals surface area (Å²) in [4.78, 5) is 10.8. The van der Waals surface area contributed by atoms with Crippen LogP contribution < -0.4 is 5.73 Å². The highest BCUT2D eigenvalue weighted by atomic mass is 35.5. The lowest BCUT2D eigenvalue weighted by Crippen LogP contribution is -2.01. The second-order valence-electron chi connectivity index (χ2n) is 3.41. The summed E-state index contributed by atoms with van der Waals surface area (Å²) in [5.74, 6) is 0. The maximum atomic E-state index is 10.8. The van der Waals surface area contributed by atoms with Crippen molar-refractivity contribution < 1.29 is 4.79 Å². The Hall–Kier alpha value is -1.58. The van der Waals surface area contributed by atoms with Crippen molar-refractivity contribution in [3.8, 4) is 5.69 Å². The Kier molecular flexibility index (Phi) is 3.08. The van der Waals surface area contributed by atoms with Crippen molar-refractivity contribution in [3.05, 3.63) is 52.8 Å². The molecule has 0 aliphatic rings. The van der Waals surface area contributed by atoms with E-state index < -0.39 is 0 Å². The highest BCUT2D eigenvalue weighted by molar-refractivity contribution is 6.32. The van der Waals surface area contributed by atoms with Crippen LogP contribution in [0.3, 0.4) is 0 Å². The molecule has 2 rings (SSSR count). The van der Waals surface area contributed by atoms with Gasteiger partial charge in [-0.15, -0.1) is 0 Å². The molecule has 0 radical (unpaired) electrons. The molecule has 0 atom stereocenters. The molecule has 16 heavy (non-hydrogen) atoms. The lowest BCUT2D eigenvalue weighted by atomic mass is 10.2. The standard InChI is InChI=1S/C12H11ClN2O/c13-11-6-9(7-14)3-4-12(11)15-5-1-2-10(15)8-16/h1-6,8H,7,14H2. The fraction of sp³-hybridized carbons (Fsp3) is 0.0833. The molecule has 1 aromatic carbocycles. The van der Waals surface area contributed by atoms with E-state index in [2.05, 4.69) is 0 Å². The van der Waals surface area contributed by atoms with Gasteiger partial charge in [0.1, 0.15) is 0 Å². The summed E-state index contributed by atoms with van der Waals surface area (Å²) in [6.07, 6.45) is 2.60. The van der Waals surface area contributed by atoms with Crippen molar-refractivity contribution in [2.75, 3.05) is 0 Å².